The zero-order valence-corrected chi connectivity index (χ0v) is 21.1. The normalized spacial score (nSPS) is 16.0. The Kier molecular flexibility index (Phi) is 11.2. The summed E-state index contributed by atoms with van der Waals surface area (Å²) < 4.78 is 228. The van der Waals surface area contributed by atoms with Gasteiger partial charge in [0.05, 0.1) is 13.2 Å². The van der Waals surface area contributed by atoms with Crippen LogP contribution in [0.4, 0.5) is 74.6 Å². The van der Waals surface area contributed by atoms with Crippen molar-refractivity contribution in [3.8, 4) is 0 Å². The van der Waals surface area contributed by atoms with Gasteiger partial charge in [-0.3, -0.25) is 0 Å². The van der Waals surface area contributed by atoms with E-state index in [4.69, 9.17) is 0 Å². The van der Waals surface area contributed by atoms with Crippen LogP contribution in [-0.2, 0) is 6.54 Å². The quantitative estimate of drug-likeness (QED) is 0.155. The van der Waals surface area contributed by atoms with Crippen LogP contribution >= 0.6 is 0 Å². The van der Waals surface area contributed by atoms with E-state index in [0.717, 1.165) is 0 Å². The number of hydrogen-bond acceptors (Lipinski definition) is 3. The minimum Gasteiger partial charge on any atom is -0.391 e. The third-order valence-electron chi connectivity index (χ3n) is 6.39. The smallest absolute Gasteiger partial charge is 0.391 e. The Balaban J connectivity index is 3.48. The van der Waals surface area contributed by atoms with E-state index in [1.165, 1.54) is 30.3 Å². The first kappa shape index (κ1) is 38.9. The van der Waals surface area contributed by atoms with Crippen molar-refractivity contribution in [1.29, 1.82) is 0 Å². The molecule has 3 N–H and O–H groups in total. The summed E-state index contributed by atoms with van der Waals surface area (Å²) in [7, 11) is 0. The average Bonchev–Trinajstić information content (AvgIpc) is 2.83. The molecule has 0 bridgehead atoms. The second kappa shape index (κ2) is 12.3. The van der Waals surface area contributed by atoms with Crippen molar-refractivity contribution in [3.63, 3.8) is 0 Å². The lowest BCUT2D eigenvalue weighted by molar-refractivity contribution is -0.944. The number of halogens is 17. The fourth-order valence-electron chi connectivity index (χ4n) is 4.04. The summed E-state index contributed by atoms with van der Waals surface area (Å²) in [4.78, 5) is 0. The molecule has 4 nitrogen and oxygen atoms in total. The molecule has 0 fully saturated rings. The number of rotatable bonds is 16. The molecular formula is C22H23F17NO3+. The third-order valence-corrected chi connectivity index (χ3v) is 6.39. The maximum atomic E-state index is 14.4. The molecule has 0 aromatic heterocycles. The average molecular weight is 672 g/mol. The minimum absolute atomic E-state index is 0.304. The lowest BCUT2D eigenvalue weighted by Crippen LogP contribution is -2.74. The highest BCUT2D eigenvalue weighted by Gasteiger charge is 2.95. The van der Waals surface area contributed by atoms with Gasteiger partial charge in [0.2, 0.25) is 0 Å². The number of quaternary nitrogens is 1. The van der Waals surface area contributed by atoms with Crippen LogP contribution in [0.1, 0.15) is 12.0 Å². The van der Waals surface area contributed by atoms with E-state index < -0.39 is 97.5 Å². The van der Waals surface area contributed by atoms with Crippen molar-refractivity contribution in [1.82, 2.24) is 0 Å². The highest BCUT2D eigenvalue weighted by Crippen LogP contribution is 2.64. The SMILES string of the molecule is OCC[N+](CCO)(Cc1ccccc1)CC(O)CC(F)(F)C(F)(F)C(F)(F)C(F)(F)C(F)(F)C(F)(F)C(F)(F)C(F)(F)F. The summed E-state index contributed by atoms with van der Waals surface area (Å²) >= 11 is 0. The van der Waals surface area contributed by atoms with Gasteiger partial charge in [-0.2, -0.15) is 74.6 Å². The number of nitrogens with zero attached hydrogens (tertiary/aromatic N) is 1. The summed E-state index contributed by atoms with van der Waals surface area (Å²) in [5, 5.41) is 28.7. The largest absolute Gasteiger partial charge is 0.460 e. The van der Waals surface area contributed by atoms with Crippen LogP contribution < -0.4 is 0 Å². The fourth-order valence-corrected chi connectivity index (χ4v) is 4.04. The molecule has 0 radical (unpaired) electrons. The zero-order chi connectivity index (χ0) is 34.1. The van der Waals surface area contributed by atoms with Gasteiger partial charge in [-0.1, -0.05) is 30.3 Å². The van der Waals surface area contributed by atoms with Crippen molar-refractivity contribution in [3.05, 3.63) is 35.9 Å². The Hall–Kier alpha value is -2.13. The van der Waals surface area contributed by atoms with Crippen molar-refractivity contribution in [2.45, 2.75) is 66.7 Å². The van der Waals surface area contributed by atoms with E-state index in [1.807, 2.05) is 0 Å². The first-order chi connectivity index (χ1) is 19.1. The van der Waals surface area contributed by atoms with Crippen molar-refractivity contribution in [2.75, 3.05) is 32.8 Å². The second-order valence-electron chi connectivity index (χ2n) is 9.57. The molecule has 0 spiro atoms. The van der Waals surface area contributed by atoms with Crippen molar-refractivity contribution < 1.29 is 94.4 Å². The first-order valence-electron chi connectivity index (χ1n) is 11.6. The maximum Gasteiger partial charge on any atom is 0.460 e. The number of benzene rings is 1. The molecule has 0 saturated carbocycles. The van der Waals surface area contributed by atoms with Crippen LogP contribution in [-0.4, -0.2) is 106 Å². The van der Waals surface area contributed by atoms with Crippen LogP contribution in [0.15, 0.2) is 30.3 Å². The summed E-state index contributed by atoms with van der Waals surface area (Å²) in [5.41, 5.74) is 0.304. The van der Waals surface area contributed by atoms with Crippen LogP contribution in [0, 0.1) is 0 Å². The zero-order valence-electron chi connectivity index (χ0n) is 21.1. The van der Waals surface area contributed by atoms with Gasteiger partial charge >= 0.3 is 47.6 Å². The lowest BCUT2D eigenvalue weighted by Gasteiger charge is -2.43. The van der Waals surface area contributed by atoms with Gasteiger partial charge in [0.15, 0.2) is 0 Å². The predicted octanol–water partition coefficient (Wildman–Crippen LogP) is 5.75. The molecule has 0 aliphatic heterocycles. The number of hydrogen-bond donors (Lipinski definition) is 3. The molecule has 1 rings (SSSR count). The molecule has 43 heavy (non-hydrogen) atoms. The molecular weight excluding hydrogens is 649 g/mol. The topological polar surface area (TPSA) is 60.7 Å². The van der Waals surface area contributed by atoms with Crippen molar-refractivity contribution in [2.24, 2.45) is 0 Å². The second-order valence-corrected chi connectivity index (χ2v) is 9.57. The highest BCUT2D eigenvalue weighted by molar-refractivity contribution is 5.15. The third kappa shape index (κ3) is 6.77. The predicted molar refractivity (Wildman–Crippen MR) is 110 cm³/mol. The van der Waals surface area contributed by atoms with Crippen LogP contribution in [0.25, 0.3) is 0 Å². The summed E-state index contributed by atoms with van der Waals surface area (Å²) in [6, 6.07) is 7.13. The molecule has 0 saturated heterocycles. The van der Waals surface area contributed by atoms with E-state index >= 15 is 0 Å². The van der Waals surface area contributed by atoms with Gasteiger partial charge in [0.1, 0.15) is 32.3 Å². The molecule has 0 amide bonds. The Labute approximate surface area is 230 Å². The standard InChI is InChI=1S/C22H23F17NO3/c23-15(24,10-14(43)12-40(6-8-41,7-9-42)11-13-4-2-1-3-5-13)16(25,26)17(27,28)18(29,30)19(31,32)20(33,34)21(35,36)22(37,38)39/h1-5,14,41-43H,6-12H2/q+1. The minimum atomic E-state index is -8.73. The van der Waals surface area contributed by atoms with Gasteiger partial charge in [0.25, 0.3) is 0 Å². The van der Waals surface area contributed by atoms with Gasteiger partial charge < -0.3 is 19.8 Å². The van der Waals surface area contributed by atoms with Gasteiger partial charge in [0, 0.05) is 12.0 Å². The Morgan fingerprint density at radius 3 is 1.30 bits per heavy atom. The molecule has 1 aromatic rings. The monoisotopic (exact) mass is 672 g/mol. The molecule has 1 unspecified atom stereocenters. The summed E-state index contributed by atoms with van der Waals surface area (Å²) in [5.74, 6) is -57.4. The number of aliphatic hydroxyl groups excluding tert-OH is 3. The Morgan fingerprint density at radius 2 is 0.930 bits per heavy atom. The number of alkyl halides is 17. The number of aliphatic hydroxyl groups is 3. The molecule has 0 aliphatic carbocycles. The molecule has 0 heterocycles. The van der Waals surface area contributed by atoms with E-state index in [9.17, 15) is 90.0 Å². The molecule has 0 aliphatic rings. The summed E-state index contributed by atoms with van der Waals surface area (Å²) in [6.07, 6.45) is -13.8. The van der Waals surface area contributed by atoms with Gasteiger partial charge in [-0.15, -0.1) is 0 Å². The molecule has 21 heteroatoms. The molecule has 1 aromatic carbocycles. The summed E-state index contributed by atoms with van der Waals surface area (Å²) in [6.45, 7) is -4.36. The van der Waals surface area contributed by atoms with E-state index in [-0.39, 0.29) is 6.54 Å². The van der Waals surface area contributed by atoms with E-state index in [2.05, 4.69) is 0 Å². The van der Waals surface area contributed by atoms with E-state index in [0.29, 0.717) is 5.56 Å². The Bertz CT molecular complexity index is 1040. The lowest BCUT2D eigenvalue weighted by atomic mass is 9.87. The van der Waals surface area contributed by atoms with Gasteiger partial charge in [-0.25, -0.2) is 0 Å². The maximum absolute atomic E-state index is 14.4. The highest BCUT2D eigenvalue weighted by atomic mass is 19.4. The fraction of sp³-hybridized carbons (Fsp3) is 0.727. The van der Waals surface area contributed by atoms with Crippen LogP contribution in [0.5, 0.6) is 0 Å². The van der Waals surface area contributed by atoms with Crippen LogP contribution in [0.3, 0.4) is 0 Å². The van der Waals surface area contributed by atoms with Crippen LogP contribution in [0.2, 0.25) is 0 Å². The Morgan fingerprint density at radius 1 is 0.558 bits per heavy atom. The molecule has 1 atom stereocenters. The van der Waals surface area contributed by atoms with Gasteiger partial charge in [-0.05, 0) is 0 Å². The van der Waals surface area contributed by atoms with E-state index in [1.54, 1.807) is 0 Å². The molecule has 252 valence electrons. The van der Waals surface area contributed by atoms with Crippen molar-refractivity contribution >= 4 is 0 Å². The first-order valence-corrected chi connectivity index (χ1v) is 11.6.